The molecular weight excluding hydrogens is 256 g/mol. The van der Waals surface area contributed by atoms with E-state index in [-0.39, 0.29) is 5.91 Å². The molecule has 0 fully saturated rings. The first kappa shape index (κ1) is 12.4. The zero-order chi connectivity index (χ0) is 14.1. The molecule has 20 heavy (non-hydrogen) atoms. The van der Waals surface area contributed by atoms with Crippen LogP contribution in [0.5, 0.6) is 0 Å². The van der Waals surface area contributed by atoms with Gasteiger partial charge < -0.3 is 8.98 Å². The Morgan fingerprint density at radius 3 is 3.05 bits per heavy atom. The minimum atomic E-state index is -0.368. The Bertz CT molecular complexity index is 772. The SMILES string of the molecule is Cc1nc2ccccc2n1Cc1cc(C(=O)NN)co1. The lowest BCUT2D eigenvalue weighted by Crippen LogP contribution is -2.29. The van der Waals surface area contributed by atoms with Crippen LogP contribution in [-0.2, 0) is 6.54 Å². The van der Waals surface area contributed by atoms with Crippen LogP contribution >= 0.6 is 0 Å². The van der Waals surface area contributed by atoms with Gasteiger partial charge in [0.1, 0.15) is 17.8 Å². The van der Waals surface area contributed by atoms with E-state index in [1.165, 1.54) is 6.26 Å². The van der Waals surface area contributed by atoms with Crippen molar-refractivity contribution in [3.05, 3.63) is 53.7 Å². The van der Waals surface area contributed by atoms with Gasteiger partial charge in [-0.25, -0.2) is 10.8 Å². The van der Waals surface area contributed by atoms with Gasteiger partial charge in [-0.15, -0.1) is 0 Å². The van der Waals surface area contributed by atoms with E-state index in [2.05, 4.69) is 10.4 Å². The number of furan rings is 1. The molecule has 0 saturated heterocycles. The number of hydrazine groups is 1. The molecule has 3 rings (SSSR count). The van der Waals surface area contributed by atoms with Crippen LogP contribution in [0.25, 0.3) is 11.0 Å². The van der Waals surface area contributed by atoms with Crippen molar-refractivity contribution in [1.82, 2.24) is 15.0 Å². The molecule has 3 aromatic rings. The first-order chi connectivity index (χ1) is 9.69. The number of nitrogens with zero attached hydrogens (tertiary/aromatic N) is 2. The number of carbonyl (C=O) groups excluding carboxylic acids is 1. The normalized spacial score (nSPS) is 10.9. The van der Waals surface area contributed by atoms with Crippen LogP contribution < -0.4 is 11.3 Å². The zero-order valence-corrected chi connectivity index (χ0v) is 11.0. The molecule has 3 N–H and O–H groups in total. The quantitative estimate of drug-likeness (QED) is 0.430. The molecule has 0 radical (unpaired) electrons. The van der Waals surface area contributed by atoms with Crippen molar-refractivity contribution >= 4 is 16.9 Å². The lowest BCUT2D eigenvalue weighted by Gasteiger charge is -2.03. The van der Waals surface area contributed by atoms with E-state index in [1.807, 2.05) is 35.8 Å². The number of amides is 1. The van der Waals surface area contributed by atoms with Crippen molar-refractivity contribution in [3.63, 3.8) is 0 Å². The van der Waals surface area contributed by atoms with E-state index < -0.39 is 0 Å². The lowest BCUT2D eigenvalue weighted by atomic mass is 10.3. The molecule has 1 aromatic carbocycles. The molecule has 102 valence electrons. The standard InChI is InChI=1S/C14H14N4O2/c1-9-16-12-4-2-3-5-13(12)18(9)7-11-6-10(8-20-11)14(19)17-15/h2-6,8H,7,15H2,1H3,(H,17,19). The predicted octanol–water partition coefficient (Wildman–Crippen LogP) is 1.59. The van der Waals surface area contributed by atoms with Gasteiger partial charge in [0.05, 0.1) is 23.1 Å². The summed E-state index contributed by atoms with van der Waals surface area (Å²) in [6, 6.07) is 9.57. The summed E-state index contributed by atoms with van der Waals surface area (Å²) in [5.41, 5.74) is 4.46. The third-order valence-corrected chi connectivity index (χ3v) is 3.21. The average Bonchev–Trinajstić information content (AvgIpc) is 3.04. The molecule has 6 nitrogen and oxygen atoms in total. The summed E-state index contributed by atoms with van der Waals surface area (Å²) in [5, 5.41) is 0. The first-order valence-corrected chi connectivity index (χ1v) is 6.19. The molecule has 0 bridgehead atoms. The number of imidazole rings is 1. The second-order valence-corrected chi connectivity index (χ2v) is 4.51. The number of aromatic nitrogens is 2. The maximum absolute atomic E-state index is 11.4. The molecule has 0 aliphatic carbocycles. The monoisotopic (exact) mass is 270 g/mol. The van der Waals surface area contributed by atoms with Gasteiger partial charge in [0.2, 0.25) is 0 Å². The minimum absolute atomic E-state index is 0.368. The zero-order valence-electron chi connectivity index (χ0n) is 11.0. The molecule has 1 amide bonds. The first-order valence-electron chi connectivity index (χ1n) is 6.19. The van der Waals surface area contributed by atoms with E-state index in [9.17, 15) is 4.79 Å². The summed E-state index contributed by atoms with van der Waals surface area (Å²) >= 11 is 0. The number of benzene rings is 1. The minimum Gasteiger partial charge on any atom is -0.467 e. The van der Waals surface area contributed by atoms with E-state index in [0.717, 1.165) is 16.9 Å². The Hall–Kier alpha value is -2.60. The highest BCUT2D eigenvalue weighted by molar-refractivity contribution is 5.93. The van der Waals surface area contributed by atoms with Crippen LogP contribution in [0.1, 0.15) is 21.9 Å². The summed E-state index contributed by atoms with van der Waals surface area (Å²) in [7, 11) is 0. The summed E-state index contributed by atoms with van der Waals surface area (Å²) in [6.45, 7) is 2.46. The van der Waals surface area contributed by atoms with Crippen LogP contribution in [0.15, 0.2) is 41.0 Å². The maximum Gasteiger partial charge on any atom is 0.268 e. The average molecular weight is 270 g/mol. The molecule has 2 heterocycles. The van der Waals surface area contributed by atoms with E-state index in [4.69, 9.17) is 10.3 Å². The van der Waals surface area contributed by atoms with Crippen molar-refractivity contribution in [2.75, 3.05) is 0 Å². The third kappa shape index (κ3) is 2.06. The van der Waals surface area contributed by atoms with Gasteiger partial charge in [-0.1, -0.05) is 12.1 Å². The number of nitrogens with one attached hydrogen (secondary N) is 1. The van der Waals surface area contributed by atoms with Crippen molar-refractivity contribution in [2.24, 2.45) is 5.84 Å². The second-order valence-electron chi connectivity index (χ2n) is 4.51. The Balaban J connectivity index is 1.95. The topological polar surface area (TPSA) is 86.1 Å². The van der Waals surface area contributed by atoms with Crippen molar-refractivity contribution in [2.45, 2.75) is 13.5 Å². The molecule has 0 unspecified atom stereocenters. The Labute approximate surface area is 115 Å². The number of fused-ring (bicyclic) bond motifs is 1. The third-order valence-electron chi connectivity index (χ3n) is 3.21. The number of rotatable bonds is 3. The highest BCUT2D eigenvalue weighted by Gasteiger charge is 2.12. The summed E-state index contributed by atoms with van der Waals surface area (Å²) in [5.74, 6) is 6.29. The van der Waals surface area contributed by atoms with Crippen molar-refractivity contribution < 1.29 is 9.21 Å². The molecule has 0 aliphatic rings. The highest BCUT2D eigenvalue weighted by Crippen LogP contribution is 2.18. The fourth-order valence-electron chi connectivity index (χ4n) is 2.22. The van der Waals surface area contributed by atoms with Crippen molar-refractivity contribution in [3.8, 4) is 0 Å². The van der Waals surface area contributed by atoms with Gasteiger partial charge in [-0.2, -0.15) is 0 Å². The number of hydrogen-bond donors (Lipinski definition) is 2. The predicted molar refractivity (Wildman–Crippen MR) is 73.9 cm³/mol. The fourth-order valence-corrected chi connectivity index (χ4v) is 2.22. The summed E-state index contributed by atoms with van der Waals surface area (Å²) < 4.78 is 7.44. The van der Waals surface area contributed by atoms with E-state index >= 15 is 0 Å². The van der Waals surface area contributed by atoms with Gasteiger partial charge in [0, 0.05) is 0 Å². The highest BCUT2D eigenvalue weighted by atomic mass is 16.3. The Kier molecular flexibility index (Phi) is 3.00. The molecule has 2 aromatic heterocycles. The van der Waals surface area contributed by atoms with Gasteiger partial charge in [-0.3, -0.25) is 10.2 Å². The number of aryl methyl sites for hydroxylation is 1. The lowest BCUT2D eigenvalue weighted by molar-refractivity contribution is 0.0953. The summed E-state index contributed by atoms with van der Waals surface area (Å²) in [4.78, 5) is 15.9. The van der Waals surface area contributed by atoms with Crippen LogP contribution in [-0.4, -0.2) is 15.5 Å². The molecule has 0 aliphatic heterocycles. The molecule has 0 atom stereocenters. The van der Waals surface area contributed by atoms with Gasteiger partial charge in [-0.05, 0) is 25.1 Å². The number of nitrogen functional groups attached to an aromatic ring is 1. The van der Waals surface area contributed by atoms with Crippen molar-refractivity contribution in [1.29, 1.82) is 0 Å². The fraction of sp³-hybridized carbons (Fsp3) is 0.143. The second kappa shape index (κ2) is 4.82. The number of para-hydroxylation sites is 2. The van der Waals surface area contributed by atoms with Crippen LogP contribution in [0.4, 0.5) is 0 Å². The molecule has 0 spiro atoms. The van der Waals surface area contributed by atoms with E-state index in [0.29, 0.717) is 17.9 Å². The molecular formula is C14H14N4O2. The number of hydrogen-bond acceptors (Lipinski definition) is 4. The van der Waals surface area contributed by atoms with Crippen LogP contribution in [0.3, 0.4) is 0 Å². The maximum atomic E-state index is 11.4. The number of nitrogens with two attached hydrogens (primary N) is 1. The van der Waals surface area contributed by atoms with Gasteiger partial charge >= 0.3 is 0 Å². The largest absolute Gasteiger partial charge is 0.467 e. The van der Waals surface area contributed by atoms with E-state index in [1.54, 1.807) is 6.07 Å². The van der Waals surface area contributed by atoms with Crippen LogP contribution in [0, 0.1) is 6.92 Å². The number of carbonyl (C=O) groups is 1. The smallest absolute Gasteiger partial charge is 0.268 e. The Morgan fingerprint density at radius 1 is 1.45 bits per heavy atom. The van der Waals surface area contributed by atoms with Gasteiger partial charge in [0.25, 0.3) is 5.91 Å². The molecule has 6 heteroatoms. The van der Waals surface area contributed by atoms with Gasteiger partial charge in [0.15, 0.2) is 0 Å². The van der Waals surface area contributed by atoms with Crippen LogP contribution in [0.2, 0.25) is 0 Å². The molecule has 0 saturated carbocycles. The summed E-state index contributed by atoms with van der Waals surface area (Å²) in [6.07, 6.45) is 1.39. The Morgan fingerprint density at radius 2 is 2.25 bits per heavy atom.